The monoisotopic (exact) mass is 168 g/mol. The number of hydrogen-bond donors (Lipinski definition) is 1. The van der Waals surface area contributed by atoms with Crippen LogP contribution in [0.5, 0.6) is 0 Å². The lowest BCUT2D eigenvalue weighted by atomic mass is 10.0. The second kappa shape index (κ2) is 3.67. The molecule has 0 bridgehead atoms. The molecule has 1 aromatic rings. The summed E-state index contributed by atoms with van der Waals surface area (Å²) in [6.45, 7) is 4.30. The van der Waals surface area contributed by atoms with E-state index in [1.54, 1.807) is 4.68 Å². The predicted octanol–water partition coefficient (Wildman–Crippen LogP) is 0.861. The van der Waals surface area contributed by atoms with Crippen LogP contribution in [-0.4, -0.2) is 15.0 Å². The molecule has 4 nitrogen and oxygen atoms in total. The molecule has 12 heavy (non-hydrogen) atoms. The molecule has 1 atom stereocenters. The summed E-state index contributed by atoms with van der Waals surface area (Å²) in [6.07, 6.45) is 2.83. The topological polar surface area (TPSA) is 56.7 Å². The van der Waals surface area contributed by atoms with Crippen LogP contribution in [-0.2, 0) is 7.05 Å². The molecule has 68 valence electrons. The Hall–Kier alpha value is -0.900. The molecule has 1 heterocycles. The molecule has 0 saturated carbocycles. The summed E-state index contributed by atoms with van der Waals surface area (Å²) < 4.78 is 1.68. The van der Waals surface area contributed by atoms with Gasteiger partial charge in [0, 0.05) is 13.2 Å². The van der Waals surface area contributed by atoms with E-state index in [0.29, 0.717) is 5.92 Å². The fraction of sp³-hybridized carbons (Fsp3) is 0.750. The van der Waals surface area contributed by atoms with Gasteiger partial charge in [-0.1, -0.05) is 19.1 Å². The first kappa shape index (κ1) is 9.19. The Labute approximate surface area is 72.8 Å². The molecule has 1 aromatic heterocycles. The summed E-state index contributed by atoms with van der Waals surface area (Å²) in [5.41, 5.74) is 6.77. The van der Waals surface area contributed by atoms with E-state index >= 15 is 0 Å². The van der Waals surface area contributed by atoms with Crippen molar-refractivity contribution >= 4 is 0 Å². The van der Waals surface area contributed by atoms with Crippen molar-refractivity contribution in [3.05, 3.63) is 11.9 Å². The van der Waals surface area contributed by atoms with E-state index in [2.05, 4.69) is 24.2 Å². The molecule has 0 aromatic carbocycles. The summed E-state index contributed by atoms with van der Waals surface area (Å²) in [5.74, 6) is 0.599. The van der Waals surface area contributed by atoms with Crippen LogP contribution in [0.3, 0.4) is 0 Å². The standard InChI is InChI=1S/C8H16N4/c1-6(2)4-7(9)8-5-12(3)11-10-8/h5-7H,4,9H2,1-3H3/t7-/m0/s1. The number of nitrogens with zero attached hydrogens (tertiary/aromatic N) is 3. The van der Waals surface area contributed by atoms with Crippen molar-refractivity contribution in [3.8, 4) is 0 Å². The van der Waals surface area contributed by atoms with Crippen LogP contribution in [0.4, 0.5) is 0 Å². The van der Waals surface area contributed by atoms with Gasteiger partial charge in [0.2, 0.25) is 0 Å². The van der Waals surface area contributed by atoms with Crippen LogP contribution < -0.4 is 5.73 Å². The molecule has 0 fully saturated rings. The maximum Gasteiger partial charge on any atom is 0.0994 e. The molecule has 1 rings (SSSR count). The van der Waals surface area contributed by atoms with Gasteiger partial charge in [0.05, 0.1) is 11.7 Å². The molecule has 0 spiro atoms. The van der Waals surface area contributed by atoms with Gasteiger partial charge in [-0.05, 0) is 12.3 Å². The summed E-state index contributed by atoms with van der Waals surface area (Å²) in [4.78, 5) is 0. The van der Waals surface area contributed by atoms with E-state index in [-0.39, 0.29) is 6.04 Å². The van der Waals surface area contributed by atoms with E-state index in [0.717, 1.165) is 12.1 Å². The second-order valence-electron chi connectivity index (χ2n) is 3.55. The molecule has 0 aliphatic carbocycles. The van der Waals surface area contributed by atoms with Crippen LogP contribution >= 0.6 is 0 Å². The molecule has 0 aliphatic heterocycles. The Morgan fingerprint density at radius 1 is 1.58 bits per heavy atom. The smallest absolute Gasteiger partial charge is 0.0994 e. The third kappa shape index (κ3) is 2.30. The average molecular weight is 168 g/mol. The van der Waals surface area contributed by atoms with Crippen LogP contribution in [0.1, 0.15) is 32.0 Å². The Bertz CT molecular complexity index is 241. The van der Waals surface area contributed by atoms with Gasteiger partial charge in [0.25, 0.3) is 0 Å². The first-order valence-electron chi connectivity index (χ1n) is 4.21. The van der Waals surface area contributed by atoms with E-state index in [9.17, 15) is 0 Å². The third-order valence-electron chi connectivity index (χ3n) is 1.73. The highest BCUT2D eigenvalue weighted by molar-refractivity contribution is 4.99. The van der Waals surface area contributed by atoms with E-state index < -0.39 is 0 Å². The van der Waals surface area contributed by atoms with Gasteiger partial charge < -0.3 is 5.73 Å². The molecule has 2 N–H and O–H groups in total. The number of nitrogens with two attached hydrogens (primary N) is 1. The highest BCUT2D eigenvalue weighted by atomic mass is 15.4. The minimum absolute atomic E-state index is 0.0266. The molecular formula is C8H16N4. The number of aromatic nitrogens is 3. The quantitative estimate of drug-likeness (QED) is 0.728. The van der Waals surface area contributed by atoms with Gasteiger partial charge in [0.1, 0.15) is 0 Å². The fourth-order valence-corrected chi connectivity index (χ4v) is 1.16. The minimum Gasteiger partial charge on any atom is -0.323 e. The second-order valence-corrected chi connectivity index (χ2v) is 3.55. The normalized spacial score (nSPS) is 13.8. The average Bonchev–Trinajstić information content (AvgIpc) is 2.34. The maximum absolute atomic E-state index is 5.89. The molecule has 0 radical (unpaired) electrons. The largest absolute Gasteiger partial charge is 0.323 e. The first-order chi connectivity index (χ1) is 5.59. The molecule has 0 aliphatic rings. The summed E-state index contributed by atoms with van der Waals surface area (Å²) in [6, 6.07) is 0.0266. The van der Waals surface area contributed by atoms with Crippen molar-refractivity contribution in [1.82, 2.24) is 15.0 Å². The number of aryl methyl sites for hydroxylation is 1. The van der Waals surface area contributed by atoms with Gasteiger partial charge in [-0.15, -0.1) is 5.10 Å². The van der Waals surface area contributed by atoms with Crippen LogP contribution in [0, 0.1) is 5.92 Å². The highest BCUT2D eigenvalue weighted by Gasteiger charge is 2.10. The Morgan fingerprint density at radius 3 is 2.67 bits per heavy atom. The SMILES string of the molecule is CC(C)C[C@H](N)c1cn(C)nn1. The fourth-order valence-electron chi connectivity index (χ4n) is 1.16. The summed E-state index contributed by atoms with van der Waals surface area (Å²) in [7, 11) is 1.85. The van der Waals surface area contributed by atoms with E-state index in [1.165, 1.54) is 0 Å². The zero-order valence-electron chi connectivity index (χ0n) is 7.86. The zero-order valence-corrected chi connectivity index (χ0v) is 7.86. The maximum atomic E-state index is 5.89. The third-order valence-corrected chi connectivity index (χ3v) is 1.73. The zero-order chi connectivity index (χ0) is 9.14. The molecular weight excluding hydrogens is 152 g/mol. The lowest BCUT2D eigenvalue weighted by molar-refractivity contribution is 0.501. The first-order valence-corrected chi connectivity index (χ1v) is 4.21. The van der Waals surface area contributed by atoms with Crippen molar-refractivity contribution < 1.29 is 0 Å². The molecule has 0 amide bonds. The van der Waals surface area contributed by atoms with Gasteiger partial charge >= 0.3 is 0 Å². The van der Waals surface area contributed by atoms with Crippen molar-refractivity contribution in [1.29, 1.82) is 0 Å². The highest BCUT2D eigenvalue weighted by Crippen LogP contribution is 2.15. The predicted molar refractivity (Wildman–Crippen MR) is 47.4 cm³/mol. The summed E-state index contributed by atoms with van der Waals surface area (Å²) in [5, 5.41) is 7.79. The van der Waals surface area contributed by atoms with Gasteiger partial charge in [-0.25, -0.2) is 0 Å². The Morgan fingerprint density at radius 2 is 2.25 bits per heavy atom. The lowest BCUT2D eigenvalue weighted by Crippen LogP contribution is -2.13. The van der Waals surface area contributed by atoms with Crippen LogP contribution in [0.15, 0.2) is 6.20 Å². The van der Waals surface area contributed by atoms with Crippen molar-refractivity contribution in [2.45, 2.75) is 26.3 Å². The molecule has 0 saturated heterocycles. The van der Waals surface area contributed by atoms with Crippen LogP contribution in [0.25, 0.3) is 0 Å². The van der Waals surface area contributed by atoms with Crippen molar-refractivity contribution in [3.63, 3.8) is 0 Å². The van der Waals surface area contributed by atoms with Gasteiger partial charge in [0.15, 0.2) is 0 Å². The number of rotatable bonds is 3. The van der Waals surface area contributed by atoms with Crippen LogP contribution in [0.2, 0.25) is 0 Å². The minimum atomic E-state index is 0.0266. The molecule has 0 unspecified atom stereocenters. The molecule has 4 heteroatoms. The lowest BCUT2D eigenvalue weighted by Gasteiger charge is -2.09. The van der Waals surface area contributed by atoms with Gasteiger partial charge in [-0.2, -0.15) is 0 Å². The van der Waals surface area contributed by atoms with Gasteiger partial charge in [-0.3, -0.25) is 4.68 Å². The number of hydrogen-bond acceptors (Lipinski definition) is 3. The van der Waals surface area contributed by atoms with E-state index in [1.807, 2.05) is 13.2 Å². The van der Waals surface area contributed by atoms with Crippen molar-refractivity contribution in [2.75, 3.05) is 0 Å². The summed E-state index contributed by atoms with van der Waals surface area (Å²) >= 11 is 0. The Balaban J connectivity index is 2.58. The van der Waals surface area contributed by atoms with E-state index in [4.69, 9.17) is 5.73 Å². The van der Waals surface area contributed by atoms with Crippen molar-refractivity contribution in [2.24, 2.45) is 18.7 Å². The Kier molecular flexibility index (Phi) is 2.81.